The molecule has 0 bridgehead atoms. The van der Waals surface area contributed by atoms with Crippen LogP contribution in [-0.2, 0) is 26.2 Å². The Morgan fingerprint density at radius 3 is 2.22 bits per heavy atom. The van der Waals surface area contributed by atoms with E-state index in [1.807, 2.05) is 16.7 Å². The first kappa shape index (κ1) is 29.8. The van der Waals surface area contributed by atoms with Gasteiger partial charge in [-0.05, 0) is 63.3 Å². The fourth-order valence-electron chi connectivity index (χ4n) is 5.33. The topological polar surface area (TPSA) is 106 Å². The van der Waals surface area contributed by atoms with Gasteiger partial charge in [0.25, 0.3) is 5.56 Å². The monoisotopic (exact) mass is 562 g/mol. The molecule has 1 aliphatic rings. The van der Waals surface area contributed by atoms with Crippen LogP contribution in [0.4, 0.5) is 0 Å². The number of aromatic nitrogens is 2. The molecule has 9 nitrogen and oxygen atoms in total. The Bertz CT molecular complexity index is 1620. The van der Waals surface area contributed by atoms with Gasteiger partial charge in [-0.25, -0.2) is 9.59 Å². The number of benzene rings is 1. The Morgan fingerprint density at radius 1 is 0.927 bits per heavy atom. The van der Waals surface area contributed by atoms with Gasteiger partial charge in [-0.1, -0.05) is 20.8 Å². The molecule has 0 radical (unpaired) electrons. The quantitative estimate of drug-likeness (QED) is 0.374. The zero-order valence-corrected chi connectivity index (χ0v) is 25.0. The van der Waals surface area contributed by atoms with Gasteiger partial charge in [0.1, 0.15) is 16.9 Å². The number of hydrogen-bond donors (Lipinski definition) is 0. The van der Waals surface area contributed by atoms with Gasteiger partial charge in [0, 0.05) is 47.3 Å². The number of rotatable bonds is 7. The molecule has 3 aromatic rings. The van der Waals surface area contributed by atoms with E-state index in [1.54, 1.807) is 53.3 Å². The van der Waals surface area contributed by atoms with Gasteiger partial charge in [-0.3, -0.25) is 14.2 Å². The second-order valence-corrected chi connectivity index (χ2v) is 11.8. The molecule has 1 aliphatic heterocycles. The van der Waals surface area contributed by atoms with Crippen molar-refractivity contribution < 1.29 is 23.8 Å². The van der Waals surface area contributed by atoms with Gasteiger partial charge < -0.3 is 18.8 Å². The molecule has 0 spiro atoms. The first-order valence-corrected chi connectivity index (χ1v) is 13.8. The minimum atomic E-state index is -1.22. The maximum absolute atomic E-state index is 13.1. The van der Waals surface area contributed by atoms with Crippen LogP contribution in [0.2, 0.25) is 0 Å². The van der Waals surface area contributed by atoms with E-state index < -0.39 is 22.9 Å². The zero-order valence-electron chi connectivity index (χ0n) is 25.0. The number of carbonyl (C=O) groups excluding carboxylic acids is 2. The Morgan fingerprint density at radius 2 is 1.61 bits per heavy atom. The Labute approximate surface area is 239 Å². The van der Waals surface area contributed by atoms with Gasteiger partial charge in [-0.2, -0.15) is 0 Å². The lowest BCUT2D eigenvalue weighted by Crippen LogP contribution is -2.43. The number of hydrogen-bond acceptors (Lipinski definition) is 7. The van der Waals surface area contributed by atoms with E-state index in [-0.39, 0.29) is 35.8 Å². The molecule has 41 heavy (non-hydrogen) atoms. The van der Waals surface area contributed by atoms with Crippen molar-refractivity contribution in [3.63, 3.8) is 0 Å². The fraction of sp³-hybridized carbons (Fsp3) is 0.438. The molecule has 1 atom stereocenters. The van der Waals surface area contributed by atoms with Crippen LogP contribution in [0.15, 0.2) is 52.3 Å². The Hall–Kier alpha value is -4.14. The summed E-state index contributed by atoms with van der Waals surface area (Å²) in [6.45, 7) is 13.5. The largest absolute Gasteiger partial charge is 0.496 e. The highest BCUT2D eigenvalue weighted by atomic mass is 16.5. The summed E-state index contributed by atoms with van der Waals surface area (Å²) >= 11 is 0. The van der Waals surface area contributed by atoms with Crippen LogP contribution in [0, 0.1) is 5.41 Å². The molecule has 0 saturated heterocycles. The van der Waals surface area contributed by atoms with Crippen molar-refractivity contribution in [3.8, 4) is 28.1 Å². The zero-order chi connectivity index (χ0) is 30.3. The van der Waals surface area contributed by atoms with E-state index in [1.165, 1.54) is 16.7 Å². The average Bonchev–Trinajstić information content (AvgIpc) is 2.91. The molecule has 0 fully saturated rings. The smallest absolute Gasteiger partial charge is 0.343 e. The minimum absolute atomic E-state index is 0.00311. The number of pyridine rings is 2. The lowest BCUT2D eigenvalue weighted by atomic mass is 9.78. The highest BCUT2D eigenvalue weighted by molar-refractivity contribution is 5.90. The third-order valence-corrected chi connectivity index (χ3v) is 7.62. The fourth-order valence-corrected chi connectivity index (χ4v) is 5.33. The van der Waals surface area contributed by atoms with Crippen LogP contribution in [0.25, 0.3) is 22.4 Å². The number of carbonyl (C=O) groups is 2. The summed E-state index contributed by atoms with van der Waals surface area (Å²) < 4.78 is 19.5. The standard InChI is InChI=1S/C32H38N2O7/c1-9-40-29(37)23-18-33-24(16-25(23)35)21-15-26(39-8)22(13-20(21)14-27(33)31(3,4)5)19-11-12-28(36)34(17-19)32(6,7)30(38)41-10-2/h11-13,15-18,27H,9-10,14H2,1-8H3. The van der Waals surface area contributed by atoms with E-state index in [9.17, 15) is 19.2 Å². The molecule has 218 valence electrons. The number of methoxy groups -OCH3 is 1. The molecule has 1 aromatic carbocycles. The third kappa shape index (κ3) is 5.45. The molecular formula is C32H38N2O7. The predicted octanol–water partition coefficient (Wildman–Crippen LogP) is 4.97. The third-order valence-electron chi connectivity index (χ3n) is 7.62. The van der Waals surface area contributed by atoms with E-state index in [4.69, 9.17) is 14.2 Å². The van der Waals surface area contributed by atoms with Crippen molar-refractivity contribution >= 4 is 11.9 Å². The summed E-state index contributed by atoms with van der Waals surface area (Å²) in [7, 11) is 1.56. The van der Waals surface area contributed by atoms with Crippen molar-refractivity contribution in [1.29, 1.82) is 0 Å². The molecule has 9 heteroatoms. The first-order chi connectivity index (χ1) is 19.2. The molecule has 0 aliphatic carbocycles. The summed E-state index contributed by atoms with van der Waals surface area (Å²) in [4.78, 5) is 51.1. The summed E-state index contributed by atoms with van der Waals surface area (Å²) in [5.74, 6) is -0.612. The van der Waals surface area contributed by atoms with Crippen molar-refractivity contribution in [2.75, 3.05) is 20.3 Å². The number of esters is 2. The molecule has 0 N–H and O–H groups in total. The summed E-state index contributed by atoms with van der Waals surface area (Å²) in [6, 6.07) is 8.45. The van der Waals surface area contributed by atoms with Crippen LogP contribution in [0.1, 0.15) is 70.4 Å². The van der Waals surface area contributed by atoms with Crippen LogP contribution < -0.4 is 15.7 Å². The Kier molecular flexibility index (Phi) is 8.02. The lowest BCUT2D eigenvalue weighted by molar-refractivity contribution is -0.152. The van der Waals surface area contributed by atoms with Gasteiger partial charge in [-0.15, -0.1) is 0 Å². The average molecular weight is 563 g/mol. The number of fused-ring (bicyclic) bond motifs is 3. The van der Waals surface area contributed by atoms with Gasteiger partial charge in [0.2, 0.25) is 0 Å². The molecule has 3 heterocycles. The maximum Gasteiger partial charge on any atom is 0.343 e. The van der Waals surface area contributed by atoms with Crippen molar-refractivity contribution in [2.45, 2.75) is 66.5 Å². The molecule has 0 saturated carbocycles. The van der Waals surface area contributed by atoms with Crippen molar-refractivity contribution in [1.82, 2.24) is 9.13 Å². The molecule has 0 amide bonds. The minimum Gasteiger partial charge on any atom is -0.496 e. The first-order valence-electron chi connectivity index (χ1n) is 13.8. The summed E-state index contributed by atoms with van der Waals surface area (Å²) in [5, 5.41) is 0. The van der Waals surface area contributed by atoms with Gasteiger partial charge in [0.15, 0.2) is 5.43 Å². The van der Waals surface area contributed by atoms with E-state index in [2.05, 4.69) is 20.8 Å². The molecule has 1 unspecified atom stereocenters. The van der Waals surface area contributed by atoms with Gasteiger partial charge in [0.05, 0.1) is 26.0 Å². The highest BCUT2D eigenvalue weighted by Gasteiger charge is 2.35. The summed E-state index contributed by atoms with van der Waals surface area (Å²) in [6.07, 6.45) is 3.89. The normalized spacial score (nSPS) is 14.6. The number of nitrogens with zero attached hydrogens (tertiary/aromatic N) is 2. The van der Waals surface area contributed by atoms with E-state index in [0.717, 1.165) is 16.7 Å². The summed E-state index contributed by atoms with van der Waals surface area (Å²) in [5.41, 5.74) is 1.74. The van der Waals surface area contributed by atoms with Gasteiger partial charge >= 0.3 is 11.9 Å². The van der Waals surface area contributed by atoms with Crippen molar-refractivity contribution in [2.24, 2.45) is 5.41 Å². The van der Waals surface area contributed by atoms with Crippen molar-refractivity contribution in [3.05, 3.63) is 74.4 Å². The predicted molar refractivity (Wildman–Crippen MR) is 156 cm³/mol. The van der Waals surface area contributed by atoms with Crippen LogP contribution in [0.5, 0.6) is 5.75 Å². The lowest BCUT2D eigenvalue weighted by Gasteiger charge is -2.39. The SMILES string of the molecule is CCOC(=O)c1cn2c(cc1=O)-c1cc(OC)c(-c3ccc(=O)n(C(C)(C)C(=O)OCC)c3)cc1CC2C(C)(C)C. The second-order valence-electron chi connectivity index (χ2n) is 11.8. The van der Waals surface area contributed by atoms with Crippen LogP contribution in [0.3, 0.4) is 0 Å². The van der Waals surface area contributed by atoms with E-state index in [0.29, 0.717) is 23.4 Å². The van der Waals surface area contributed by atoms with E-state index >= 15 is 0 Å². The van der Waals surface area contributed by atoms with Crippen LogP contribution >= 0.6 is 0 Å². The molecule has 4 rings (SSSR count). The maximum atomic E-state index is 13.1. The highest BCUT2D eigenvalue weighted by Crippen LogP contribution is 2.45. The Balaban J connectivity index is 1.93. The number of ether oxygens (including phenoxy) is 3. The van der Waals surface area contributed by atoms with Crippen LogP contribution in [-0.4, -0.2) is 41.4 Å². The second kappa shape index (κ2) is 11.0. The molecule has 2 aromatic heterocycles. The molecular weight excluding hydrogens is 524 g/mol.